The molecular weight excluding hydrogens is 327 g/mol. The third-order valence-corrected chi connectivity index (χ3v) is 2.98. The Kier molecular flexibility index (Phi) is 4.57. The lowest BCUT2D eigenvalue weighted by atomic mass is 10.3. The molecule has 6 heteroatoms. The summed E-state index contributed by atoms with van der Waals surface area (Å²) in [6.45, 7) is -0.246. The van der Waals surface area contributed by atoms with Crippen molar-refractivity contribution < 1.29 is 13.9 Å². The maximum absolute atomic E-state index is 13.5. The minimum absolute atomic E-state index is 0.0998. The fraction of sp³-hybridized carbons (Fsp3) is 0.0714. The summed E-state index contributed by atoms with van der Waals surface area (Å²) in [6, 6.07) is 11.2. The lowest BCUT2D eigenvalue weighted by Crippen LogP contribution is -2.21. The van der Waals surface area contributed by atoms with Crippen LogP contribution in [0, 0.1) is 5.82 Å². The molecule has 0 aliphatic heterocycles. The summed E-state index contributed by atoms with van der Waals surface area (Å²) < 4.78 is 19.4. The molecule has 0 saturated heterocycles. The van der Waals surface area contributed by atoms with Crippen LogP contribution in [0.15, 0.2) is 46.9 Å². The van der Waals surface area contributed by atoms with Gasteiger partial charge in [-0.25, -0.2) is 4.39 Å². The predicted octanol–water partition coefficient (Wildman–Crippen LogP) is 3.19. The van der Waals surface area contributed by atoms with Crippen LogP contribution in [0.4, 0.5) is 15.8 Å². The van der Waals surface area contributed by atoms with Crippen LogP contribution in [0.1, 0.15) is 0 Å². The zero-order valence-corrected chi connectivity index (χ0v) is 12.0. The summed E-state index contributed by atoms with van der Waals surface area (Å²) in [7, 11) is 0. The van der Waals surface area contributed by atoms with Gasteiger partial charge in [0.25, 0.3) is 5.91 Å². The average molecular weight is 339 g/mol. The van der Waals surface area contributed by atoms with Crippen molar-refractivity contribution in [1.29, 1.82) is 0 Å². The molecule has 0 bridgehead atoms. The van der Waals surface area contributed by atoms with Crippen molar-refractivity contribution in [2.45, 2.75) is 0 Å². The molecule has 0 radical (unpaired) electrons. The van der Waals surface area contributed by atoms with Crippen LogP contribution in [0.2, 0.25) is 0 Å². The number of nitrogens with two attached hydrogens (primary N) is 1. The van der Waals surface area contributed by atoms with Gasteiger partial charge in [-0.15, -0.1) is 0 Å². The van der Waals surface area contributed by atoms with Crippen molar-refractivity contribution in [1.82, 2.24) is 0 Å². The van der Waals surface area contributed by atoms with Gasteiger partial charge in [0.1, 0.15) is 11.6 Å². The third kappa shape index (κ3) is 3.71. The predicted molar refractivity (Wildman–Crippen MR) is 79.1 cm³/mol. The fourth-order valence-corrected chi connectivity index (χ4v) is 1.87. The zero-order chi connectivity index (χ0) is 14.5. The molecule has 0 heterocycles. The highest BCUT2D eigenvalue weighted by Crippen LogP contribution is 2.21. The highest BCUT2D eigenvalue weighted by molar-refractivity contribution is 9.10. The van der Waals surface area contributed by atoms with E-state index >= 15 is 0 Å². The van der Waals surface area contributed by atoms with Gasteiger partial charge in [-0.05, 0) is 30.3 Å². The highest BCUT2D eigenvalue weighted by Gasteiger charge is 2.09. The van der Waals surface area contributed by atoms with E-state index in [4.69, 9.17) is 10.5 Å². The summed E-state index contributed by atoms with van der Waals surface area (Å²) in [5.41, 5.74) is 6.22. The van der Waals surface area contributed by atoms with E-state index in [-0.39, 0.29) is 12.3 Å². The number of benzene rings is 2. The van der Waals surface area contributed by atoms with E-state index in [1.165, 1.54) is 12.1 Å². The van der Waals surface area contributed by atoms with E-state index in [0.29, 0.717) is 15.9 Å². The molecule has 1 amide bonds. The molecule has 2 rings (SSSR count). The van der Waals surface area contributed by atoms with Crippen molar-refractivity contribution in [2.75, 3.05) is 17.7 Å². The van der Waals surface area contributed by atoms with E-state index < -0.39 is 11.7 Å². The zero-order valence-electron chi connectivity index (χ0n) is 10.4. The van der Waals surface area contributed by atoms with Gasteiger partial charge in [-0.1, -0.05) is 28.1 Å². The topological polar surface area (TPSA) is 64.3 Å². The number of rotatable bonds is 4. The molecule has 2 aromatic carbocycles. The van der Waals surface area contributed by atoms with Crippen LogP contribution < -0.4 is 15.8 Å². The lowest BCUT2D eigenvalue weighted by molar-refractivity contribution is -0.118. The number of ether oxygens (including phenoxy) is 1. The van der Waals surface area contributed by atoms with Crippen molar-refractivity contribution in [2.24, 2.45) is 0 Å². The van der Waals surface area contributed by atoms with Crippen LogP contribution in [0.3, 0.4) is 0 Å². The Morgan fingerprint density at radius 3 is 2.75 bits per heavy atom. The van der Waals surface area contributed by atoms with Gasteiger partial charge in [0, 0.05) is 4.47 Å². The Hall–Kier alpha value is -2.08. The number of nitrogens with one attached hydrogen (secondary N) is 1. The molecule has 0 aromatic heterocycles. The highest BCUT2D eigenvalue weighted by atomic mass is 79.9. The average Bonchev–Trinajstić information content (AvgIpc) is 2.41. The van der Waals surface area contributed by atoms with Gasteiger partial charge in [-0.2, -0.15) is 0 Å². The number of para-hydroxylation sites is 2. The molecule has 3 N–H and O–H groups in total. The van der Waals surface area contributed by atoms with Gasteiger partial charge in [-0.3, -0.25) is 4.79 Å². The third-order valence-electron chi connectivity index (χ3n) is 2.48. The number of amides is 1. The Morgan fingerprint density at radius 1 is 1.30 bits per heavy atom. The molecule has 0 atom stereocenters. The van der Waals surface area contributed by atoms with Crippen LogP contribution in [0.5, 0.6) is 5.75 Å². The van der Waals surface area contributed by atoms with Crippen molar-refractivity contribution in [3.63, 3.8) is 0 Å². The molecule has 0 saturated carbocycles. The summed E-state index contributed by atoms with van der Waals surface area (Å²) in [4.78, 5) is 11.7. The van der Waals surface area contributed by atoms with Crippen molar-refractivity contribution >= 4 is 33.2 Å². The first-order valence-electron chi connectivity index (χ1n) is 5.78. The maximum atomic E-state index is 13.5. The standard InChI is InChI=1S/C14H12BrFN2O2/c15-9-5-6-12(10(16)7-9)18-14(19)8-20-13-4-2-1-3-11(13)17/h1-7H,8,17H2,(H,18,19). The minimum Gasteiger partial charge on any atom is -0.482 e. The van der Waals surface area contributed by atoms with Gasteiger partial charge < -0.3 is 15.8 Å². The Labute approximate surface area is 123 Å². The molecule has 0 spiro atoms. The van der Waals surface area contributed by atoms with Crippen LogP contribution in [0.25, 0.3) is 0 Å². The van der Waals surface area contributed by atoms with Gasteiger partial charge in [0.15, 0.2) is 6.61 Å². The smallest absolute Gasteiger partial charge is 0.262 e. The second kappa shape index (κ2) is 6.38. The molecule has 0 unspecified atom stereocenters. The van der Waals surface area contributed by atoms with Crippen LogP contribution in [-0.4, -0.2) is 12.5 Å². The number of carbonyl (C=O) groups excluding carboxylic acids is 1. The largest absolute Gasteiger partial charge is 0.482 e. The SMILES string of the molecule is Nc1ccccc1OCC(=O)Nc1ccc(Br)cc1F. The quantitative estimate of drug-likeness (QED) is 0.841. The molecule has 0 aliphatic rings. The number of hydrogen-bond donors (Lipinski definition) is 2. The van der Waals surface area contributed by atoms with Gasteiger partial charge in [0.05, 0.1) is 11.4 Å². The number of anilines is 2. The summed E-state index contributed by atoms with van der Waals surface area (Å²) in [5, 5.41) is 2.43. The van der Waals surface area contributed by atoms with E-state index in [1.54, 1.807) is 30.3 Å². The van der Waals surface area contributed by atoms with Crippen molar-refractivity contribution in [3.05, 3.63) is 52.8 Å². The summed E-state index contributed by atoms with van der Waals surface area (Å²) in [6.07, 6.45) is 0. The Morgan fingerprint density at radius 2 is 2.05 bits per heavy atom. The number of carbonyl (C=O) groups is 1. The summed E-state index contributed by atoms with van der Waals surface area (Å²) in [5.74, 6) is -0.569. The summed E-state index contributed by atoms with van der Waals surface area (Å²) >= 11 is 3.14. The van der Waals surface area contributed by atoms with E-state index in [2.05, 4.69) is 21.2 Å². The van der Waals surface area contributed by atoms with Gasteiger partial charge >= 0.3 is 0 Å². The molecule has 4 nitrogen and oxygen atoms in total. The first-order valence-corrected chi connectivity index (χ1v) is 6.58. The van der Waals surface area contributed by atoms with Crippen molar-refractivity contribution in [3.8, 4) is 5.75 Å². The minimum atomic E-state index is -0.521. The lowest BCUT2D eigenvalue weighted by Gasteiger charge is -2.09. The number of hydrogen-bond acceptors (Lipinski definition) is 3. The first-order chi connectivity index (χ1) is 9.56. The number of nitrogen functional groups attached to an aromatic ring is 1. The normalized spacial score (nSPS) is 10.1. The molecule has 20 heavy (non-hydrogen) atoms. The molecule has 104 valence electrons. The Bertz CT molecular complexity index is 634. The van der Waals surface area contributed by atoms with E-state index in [9.17, 15) is 9.18 Å². The molecule has 0 fully saturated rings. The Balaban J connectivity index is 1.94. The molecular formula is C14H12BrFN2O2. The number of halogens is 2. The molecule has 0 aliphatic carbocycles. The second-order valence-electron chi connectivity index (χ2n) is 4.00. The van der Waals surface area contributed by atoms with Gasteiger partial charge in [0.2, 0.25) is 0 Å². The van der Waals surface area contributed by atoms with Crippen LogP contribution >= 0.6 is 15.9 Å². The van der Waals surface area contributed by atoms with E-state index in [1.807, 2.05) is 0 Å². The maximum Gasteiger partial charge on any atom is 0.262 e. The second-order valence-corrected chi connectivity index (χ2v) is 4.91. The fourth-order valence-electron chi connectivity index (χ4n) is 1.53. The first kappa shape index (κ1) is 14.3. The monoisotopic (exact) mass is 338 g/mol. The molecule has 2 aromatic rings. The van der Waals surface area contributed by atoms with E-state index in [0.717, 1.165) is 0 Å². The van der Waals surface area contributed by atoms with Crippen LogP contribution in [-0.2, 0) is 4.79 Å².